The summed E-state index contributed by atoms with van der Waals surface area (Å²) in [4.78, 5) is 23.2. The largest absolute Gasteiger partial charge is 0.323 e. The van der Waals surface area contributed by atoms with Gasteiger partial charge in [0.05, 0.1) is 6.04 Å². The molecule has 0 aliphatic carbocycles. The number of hydrogen-bond donors (Lipinski definition) is 1. The molecule has 0 radical (unpaired) electrons. The highest BCUT2D eigenvalue weighted by Gasteiger charge is 2.29. The topological polar surface area (TPSA) is 63.1 Å². The highest BCUT2D eigenvalue weighted by Crippen LogP contribution is 2.29. The van der Waals surface area contributed by atoms with E-state index in [4.69, 9.17) is 0 Å². The van der Waals surface area contributed by atoms with Crippen LogP contribution >= 0.6 is 0 Å². The molecule has 1 saturated heterocycles. The van der Waals surface area contributed by atoms with Gasteiger partial charge in [0.2, 0.25) is 0 Å². The Kier molecular flexibility index (Phi) is 4.39. The number of imidazole rings is 1. The van der Waals surface area contributed by atoms with Gasteiger partial charge in [-0.2, -0.15) is 0 Å². The molecule has 1 N–H and O–H groups in total. The van der Waals surface area contributed by atoms with Crippen molar-refractivity contribution in [2.45, 2.75) is 19.4 Å². The minimum atomic E-state index is -0.0561. The Bertz CT molecular complexity index is 891. The molecular weight excluding hydrogens is 326 g/mol. The molecule has 1 aromatic carbocycles. The Morgan fingerprint density at radius 1 is 1.15 bits per heavy atom. The number of aromatic nitrogens is 3. The smallest absolute Gasteiger partial charge is 0.321 e. The molecule has 4 rings (SSSR count). The SMILES string of the molecule is Cc1cnc(-c2cccnc2)n1C1CCN(C(=O)Nc2ccccc2)C1. The van der Waals surface area contributed by atoms with E-state index in [1.807, 2.05) is 59.8 Å². The maximum atomic E-state index is 12.5. The fraction of sp³-hybridized carbons (Fsp3) is 0.250. The summed E-state index contributed by atoms with van der Waals surface area (Å²) in [6, 6.07) is 13.6. The third kappa shape index (κ3) is 3.18. The van der Waals surface area contributed by atoms with Crippen LogP contribution in [-0.2, 0) is 0 Å². The highest BCUT2D eigenvalue weighted by atomic mass is 16.2. The van der Waals surface area contributed by atoms with E-state index in [9.17, 15) is 4.79 Å². The lowest BCUT2D eigenvalue weighted by Crippen LogP contribution is -2.33. The van der Waals surface area contributed by atoms with Crippen LogP contribution in [0.25, 0.3) is 11.4 Å². The quantitative estimate of drug-likeness (QED) is 0.785. The van der Waals surface area contributed by atoms with Crippen molar-refractivity contribution in [3.63, 3.8) is 0 Å². The van der Waals surface area contributed by atoms with Crippen LogP contribution in [0.3, 0.4) is 0 Å². The number of urea groups is 1. The predicted octanol–water partition coefficient (Wildman–Crippen LogP) is 3.73. The van der Waals surface area contributed by atoms with Crippen LogP contribution in [0.15, 0.2) is 61.1 Å². The zero-order valence-electron chi connectivity index (χ0n) is 14.7. The second-order valence-electron chi connectivity index (χ2n) is 6.52. The molecule has 0 bridgehead atoms. The first-order valence-electron chi connectivity index (χ1n) is 8.77. The van der Waals surface area contributed by atoms with Crippen molar-refractivity contribution in [2.75, 3.05) is 18.4 Å². The van der Waals surface area contributed by atoms with Crippen LogP contribution in [0.2, 0.25) is 0 Å². The summed E-state index contributed by atoms with van der Waals surface area (Å²) in [7, 11) is 0. The van der Waals surface area contributed by atoms with Crippen LogP contribution in [0.1, 0.15) is 18.2 Å². The molecule has 1 aliphatic heterocycles. The van der Waals surface area contributed by atoms with Gasteiger partial charge < -0.3 is 14.8 Å². The summed E-state index contributed by atoms with van der Waals surface area (Å²) in [5, 5.41) is 2.96. The van der Waals surface area contributed by atoms with Gasteiger partial charge in [-0.25, -0.2) is 9.78 Å². The lowest BCUT2D eigenvalue weighted by Gasteiger charge is -2.20. The fourth-order valence-corrected chi connectivity index (χ4v) is 3.48. The Morgan fingerprint density at radius 2 is 2.00 bits per heavy atom. The van der Waals surface area contributed by atoms with E-state index in [1.165, 1.54) is 0 Å². The average Bonchev–Trinajstić information content (AvgIpc) is 3.30. The normalized spacial score (nSPS) is 16.7. The molecule has 1 unspecified atom stereocenters. The second-order valence-corrected chi connectivity index (χ2v) is 6.52. The summed E-state index contributed by atoms with van der Waals surface area (Å²) >= 11 is 0. The van der Waals surface area contributed by atoms with E-state index in [1.54, 1.807) is 6.20 Å². The predicted molar refractivity (Wildman–Crippen MR) is 101 cm³/mol. The highest BCUT2D eigenvalue weighted by molar-refractivity contribution is 5.89. The molecular formula is C20H21N5O. The van der Waals surface area contributed by atoms with Gasteiger partial charge >= 0.3 is 6.03 Å². The number of hydrogen-bond acceptors (Lipinski definition) is 3. The van der Waals surface area contributed by atoms with Gasteiger partial charge in [0.15, 0.2) is 0 Å². The van der Waals surface area contributed by atoms with Crippen molar-refractivity contribution >= 4 is 11.7 Å². The number of para-hydroxylation sites is 1. The molecule has 26 heavy (non-hydrogen) atoms. The van der Waals surface area contributed by atoms with Gasteiger partial charge in [-0.1, -0.05) is 18.2 Å². The Balaban J connectivity index is 1.51. The maximum Gasteiger partial charge on any atom is 0.321 e. The molecule has 1 aliphatic rings. The van der Waals surface area contributed by atoms with E-state index in [-0.39, 0.29) is 12.1 Å². The van der Waals surface area contributed by atoms with Crippen LogP contribution in [0.4, 0.5) is 10.5 Å². The molecule has 0 saturated carbocycles. The third-order valence-corrected chi connectivity index (χ3v) is 4.74. The van der Waals surface area contributed by atoms with Gasteiger partial charge in [-0.3, -0.25) is 4.98 Å². The van der Waals surface area contributed by atoms with Crippen molar-refractivity contribution in [1.82, 2.24) is 19.4 Å². The molecule has 3 aromatic rings. The first kappa shape index (κ1) is 16.3. The zero-order valence-corrected chi connectivity index (χ0v) is 14.7. The standard InChI is InChI=1S/C20H21N5O/c1-15-12-22-19(16-6-5-10-21-13-16)25(15)18-9-11-24(14-18)20(26)23-17-7-3-2-4-8-17/h2-8,10,12-13,18H,9,11,14H2,1H3,(H,23,26). The Hall–Kier alpha value is -3.15. The number of likely N-dealkylation sites (tertiary alicyclic amines) is 1. The van der Waals surface area contributed by atoms with E-state index >= 15 is 0 Å². The summed E-state index contributed by atoms with van der Waals surface area (Å²) < 4.78 is 2.23. The molecule has 132 valence electrons. The number of carbonyl (C=O) groups excluding carboxylic acids is 1. The third-order valence-electron chi connectivity index (χ3n) is 4.74. The lowest BCUT2D eigenvalue weighted by molar-refractivity contribution is 0.221. The van der Waals surface area contributed by atoms with Crippen molar-refractivity contribution in [1.29, 1.82) is 0 Å². The van der Waals surface area contributed by atoms with Gasteiger partial charge in [0.25, 0.3) is 0 Å². The van der Waals surface area contributed by atoms with E-state index < -0.39 is 0 Å². The van der Waals surface area contributed by atoms with E-state index in [0.717, 1.165) is 35.7 Å². The summed E-state index contributed by atoms with van der Waals surface area (Å²) in [6.07, 6.45) is 6.38. The number of aryl methyl sites for hydroxylation is 1. The summed E-state index contributed by atoms with van der Waals surface area (Å²) in [5.74, 6) is 0.908. The van der Waals surface area contributed by atoms with Gasteiger partial charge in [0.1, 0.15) is 5.82 Å². The number of nitrogens with zero attached hydrogens (tertiary/aromatic N) is 4. The monoisotopic (exact) mass is 347 g/mol. The number of pyridine rings is 1. The van der Waals surface area contributed by atoms with Crippen LogP contribution in [0.5, 0.6) is 0 Å². The fourth-order valence-electron chi connectivity index (χ4n) is 3.48. The second kappa shape index (κ2) is 7.00. The van der Waals surface area contributed by atoms with Gasteiger partial charge in [0, 0.05) is 48.6 Å². The minimum absolute atomic E-state index is 0.0561. The Morgan fingerprint density at radius 3 is 2.77 bits per heavy atom. The maximum absolute atomic E-state index is 12.5. The number of nitrogens with one attached hydrogen (secondary N) is 1. The summed E-state index contributed by atoms with van der Waals surface area (Å²) in [5.41, 5.74) is 2.91. The van der Waals surface area contributed by atoms with E-state index in [2.05, 4.69) is 26.8 Å². The first-order chi connectivity index (χ1) is 12.7. The van der Waals surface area contributed by atoms with Crippen molar-refractivity contribution in [3.05, 3.63) is 66.7 Å². The molecule has 6 heteroatoms. The van der Waals surface area contributed by atoms with Crippen molar-refractivity contribution < 1.29 is 4.79 Å². The van der Waals surface area contributed by atoms with Crippen LogP contribution in [-0.4, -0.2) is 38.6 Å². The van der Waals surface area contributed by atoms with Crippen molar-refractivity contribution in [3.8, 4) is 11.4 Å². The molecule has 2 amide bonds. The van der Waals surface area contributed by atoms with Crippen molar-refractivity contribution in [2.24, 2.45) is 0 Å². The number of amides is 2. The Labute approximate surface area is 152 Å². The molecule has 1 atom stereocenters. The average molecular weight is 347 g/mol. The lowest BCUT2D eigenvalue weighted by atomic mass is 10.2. The zero-order chi connectivity index (χ0) is 17.9. The van der Waals surface area contributed by atoms with Gasteiger partial charge in [-0.15, -0.1) is 0 Å². The van der Waals surface area contributed by atoms with Crippen LogP contribution < -0.4 is 5.32 Å². The molecule has 1 fully saturated rings. The number of benzene rings is 1. The number of anilines is 1. The van der Waals surface area contributed by atoms with Crippen LogP contribution in [0, 0.1) is 6.92 Å². The van der Waals surface area contributed by atoms with Gasteiger partial charge in [-0.05, 0) is 37.6 Å². The molecule has 2 aromatic heterocycles. The molecule has 0 spiro atoms. The number of rotatable bonds is 3. The molecule has 3 heterocycles. The molecule has 6 nitrogen and oxygen atoms in total. The first-order valence-corrected chi connectivity index (χ1v) is 8.77. The van der Waals surface area contributed by atoms with E-state index in [0.29, 0.717) is 6.54 Å². The number of carbonyl (C=O) groups is 1. The minimum Gasteiger partial charge on any atom is -0.323 e. The summed E-state index contributed by atoms with van der Waals surface area (Å²) in [6.45, 7) is 3.45.